The molecule has 0 bridgehead atoms. The van der Waals surface area contributed by atoms with Gasteiger partial charge in [-0.25, -0.2) is 9.97 Å². The Bertz CT molecular complexity index is 1010. The van der Waals surface area contributed by atoms with Crippen molar-refractivity contribution in [3.63, 3.8) is 0 Å². The first-order chi connectivity index (χ1) is 13.0. The van der Waals surface area contributed by atoms with Crippen molar-refractivity contribution in [2.75, 3.05) is 10.6 Å². The molecule has 1 aromatic carbocycles. The Morgan fingerprint density at radius 3 is 2.85 bits per heavy atom. The zero-order valence-corrected chi connectivity index (χ0v) is 15.0. The Hall–Kier alpha value is -3.79. The molecule has 27 heavy (non-hydrogen) atoms. The molecule has 0 aliphatic heterocycles. The highest BCUT2D eigenvalue weighted by Crippen LogP contribution is 2.21. The highest BCUT2D eigenvalue weighted by molar-refractivity contribution is 6.04. The van der Waals surface area contributed by atoms with Crippen LogP contribution in [-0.4, -0.2) is 20.9 Å². The van der Waals surface area contributed by atoms with Gasteiger partial charge in [0.25, 0.3) is 5.91 Å². The lowest BCUT2D eigenvalue weighted by Crippen LogP contribution is -2.13. The van der Waals surface area contributed by atoms with Crippen LogP contribution in [0, 0.1) is 18.3 Å². The standard InChI is InChI=1S/C20H18N6O/c1-13-8-16(12-22-11-13)20(27)25-17-5-3-4-15(9-17)14(2)24-18-6-7-23-19(10-21)26-18/h3-9,11-12,14H,1-2H3,(H,25,27)(H,23,24,26). The van der Waals surface area contributed by atoms with Gasteiger partial charge in [-0.15, -0.1) is 0 Å². The zero-order chi connectivity index (χ0) is 19.2. The second-order valence-electron chi connectivity index (χ2n) is 6.07. The largest absolute Gasteiger partial charge is 0.363 e. The average Bonchev–Trinajstić information content (AvgIpc) is 2.68. The quantitative estimate of drug-likeness (QED) is 0.724. The van der Waals surface area contributed by atoms with E-state index in [-0.39, 0.29) is 17.8 Å². The first-order valence-corrected chi connectivity index (χ1v) is 8.38. The maximum absolute atomic E-state index is 12.4. The first kappa shape index (κ1) is 18.0. The number of hydrogen-bond acceptors (Lipinski definition) is 6. The van der Waals surface area contributed by atoms with Gasteiger partial charge in [0.1, 0.15) is 11.9 Å². The summed E-state index contributed by atoms with van der Waals surface area (Å²) < 4.78 is 0. The molecule has 0 saturated carbocycles. The molecule has 1 amide bonds. The number of carbonyl (C=O) groups is 1. The van der Waals surface area contributed by atoms with Crippen molar-refractivity contribution in [1.82, 2.24) is 15.0 Å². The third-order valence-electron chi connectivity index (χ3n) is 3.90. The second kappa shape index (κ2) is 8.06. The van der Waals surface area contributed by atoms with Gasteiger partial charge < -0.3 is 10.6 Å². The Balaban J connectivity index is 1.72. The number of rotatable bonds is 5. The average molecular weight is 358 g/mol. The molecule has 134 valence electrons. The molecular formula is C20H18N6O. The Kier molecular flexibility index (Phi) is 5.38. The summed E-state index contributed by atoms with van der Waals surface area (Å²) in [6.45, 7) is 3.86. The smallest absolute Gasteiger partial charge is 0.257 e. The number of hydrogen-bond donors (Lipinski definition) is 2. The van der Waals surface area contributed by atoms with Crippen LogP contribution >= 0.6 is 0 Å². The monoisotopic (exact) mass is 358 g/mol. The molecule has 0 aliphatic rings. The normalized spacial score (nSPS) is 11.3. The minimum Gasteiger partial charge on any atom is -0.363 e. The van der Waals surface area contributed by atoms with E-state index in [1.54, 1.807) is 18.3 Å². The lowest BCUT2D eigenvalue weighted by molar-refractivity contribution is 0.102. The third-order valence-corrected chi connectivity index (χ3v) is 3.90. The molecule has 1 unspecified atom stereocenters. The van der Waals surface area contributed by atoms with Gasteiger partial charge in [-0.05, 0) is 49.2 Å². The molecule has 2 aromatic heterocycles. The van der Waals surface area contributed by atoms with Crippen molar-refractivity contribution < 1.29 is 4.79 Å². The van der Waals surface area contributed by atoms with Gasteiger partial charge in [0.15, 0.2) is 0 Å². The number of benzene rings is 1. The predicted molar refractivity (Wildman–Crippen MR) is 102 cm³/mol. The highest BCUT2D eigenvalue weighted by atomic mass is 16.1. The van der Waals surface area contributed by atoms with Crippen LogP contribution in [0.2, 0.25) is 0 Å². The fraction of sp³-hybridized carbons (Fsp3) is 0.150. The summed E-state index contributed by atoms with van der Waals surface area (Å²) >= 11 is 0. The van der Waals surface area contributed by atoms with Crippen LogP contribution in [0.3, 0.4) is 0 Å². The van der Waals surface area contributed by atoms with Crippen LogP contribution in [0.25, 0.3) is 0 Å². The van der Waals surface area contributed by atoms with Crippen molar-refractivity contribution >= 4 is 17.4 Å². The zero-order valence-electron chi connectivity index (χ0n) is 15.0. The maximum Gasteiger partial charge on any atom is 0.257 e. The fourth-order valence-corrected chi connectivity index (χ4v) is 2.57. The van der Waals surface area contributed by atoms with Crippen LogP contribution in [0.4, 0.5) is 11.5 Å². The number of nitrogens with one attached hydrogen (secondary N) is 2. The van der Waals surface area contributed by atoms with Gasteiger partial charge >= 0.3 is 0 Å². The fourth-order valence-electron chi connectivity index (χ4n) is 2.57. The molecule has 0 saturated heterocycles. The van der Waals surface area contributed by atoms with E-state index < -0.39 is 0 Å². The van der Waals surface area contributed by atoms with Crippen molar-refractivity contribution in [2.45, 2.75) is 19.9 Å². The van der Waals surface area contributed by atoms with Crippen LogP contribution in [0.1, 0.15) is 40.3 Å². The van der Waals surface area contributed by atoms with Crippen LogP contribution in [0.15, 0.2) is 55.0 Å². The minimum atomic E-state index is -0.210. The van der Waals surface area contributed by atoms with E-state index in [1.807, 2.05) is 44.2 Å². The molecule has 3 aromatic rings. The number of anilines is 2. The molecule has 0 aliphatic carbocycles. The van der Waals surface area contributed by atoms with Crippen molar-refractivity contribution in [1.29, 1.82) is 5.26 Å². The van der Waals surface area contributed by atoms with Crippen LogP contribution in [-0.2, 0) is 0 Å². The Morgan fingerprint density at radius 2 is 2.07 bits per heavy atom. The van der Waals surface area contributed by atoms with E-state index in [1.165, 1.54) is 12.4 Å². The molecule has 7 nitrogen and oxygen atoms in total. The maximum atomic E-state index is 12.4. The van der Waals surface area contributed by atoms with E-state index in [9.17, 15) is 4.79 Å². The van der Waals surface area contributed by atoms with Crippen molar-refractivity contribution in [3.05, 3.63) is 77.5 Å². The number of nitriles is 1. The van der Waals surface area contributed by atoms with Gasteiger partial charge in [0, 0.05) is 24.3 Å². The van der Waals surface area contributed by atoms with Gasteiger partial charge in [-0.3, -0.25) is 9.78 Å². The third kappa shape index (κ3) is 4.64. The topological polar surface area (TPSA) is 104 Å². The van der Waals surface area contributed by atoms with E-state index in [2.05, 4.69) is 25.6 Å². The Labute approximate surface area is 157 Å². The highest BCUT2D eigenvalue weighted by Gasteiger charge is 2.10. The lowest BCUT2D eigenvalue weighted by Gasteiger charge is -2.16. The van der Waals surface area contributed by atoms with E-state index in [0.717, 1.165) is 11.1 Å². The minimum absolute atomic E-state index is 0.0797. The van der Waals surface area contributed by atoms with E-state index in [4.69, 9.17) is 5.26 Å². The number of carbonyl (C=O) groups excluding carboxylic acids is 1. The summed E-state index contributed by atoms with van der Waals surface area (Å²) in [6, 6.07) is 12.9. The molecule has 2 heterocycles. The lowest BCUT2D eigenvalue weighted by atomic mass is 10.1. The molecule has 0 fully saturated rings. The van der Waals surface area contributed by atoms with Gasteiger partial charge in [-0.2, -0.15) is 5.26 Å². The molecule has 1 atom stereocenters. The molecule has 7 heteroatoms. The molecular weight excluding hydrogens is 340 g/mol. The summed E-state index contributed by atoms with van der Waals surface area (Å²) in [5.41, 5.74) is 3.09. The van der Waals surface area contributed by atoms with Crippen LogP contribution < -0.4 is 10.6 Å². The summed E-state index contributed by atoms with van der Waals surface area (Å²) in [4.78, 5) is 24.4. The number of aryl methyl sites for hydroxylation is 1. The van der Waals surface area contributed by atoms with Crippen molar-refractivity contribution in [2.24, 2.45) is 0 Å². The molecule has 0 spiro atoms. The van der Waals surface area contributed by atoms with E-state index in [0.29, 0.717) is 17.1 Å². The first-order valence-electron chi connectivity index (χ1n) is 8.38. The number of nitrogens with zero attached hydrogens (tertiary/aromatic N) is 4. The van der Waals surface area contributed by atoms with Crippen molar-refractivity contribution in [3.8, 4) is 6.07 Å². The number of pyridine rings is 1. The summed E-state index contributed by atoms with van der Waals surface area (Å²) in [7, 11) is 0. The Morgan fingerprint density at radius 1 is 1.22 bits per heavy atom. The SMILES string of the molecule is Cc1cncc(C(=O)Nc2cccc(C(C)Nc3ccnc(C#N)n3)c2)c1. The summed E-state index contributed by atoms with van der Waals surface area (Å²) in [5.74, 6) is 0.465. The van der Waals surface area contributed by atoms with Crippen LogP contribution in [0.5, 0.6) is 0 Å². The number of amides is 1. The van der Waals surface area contributed by atoms with Gasteiger partial charge in [0.05, 0.1) is 11.6 Å². The summed E-state index contributed by atoms with van der Waals surface area (Å²) in [5, 5.41) is 15.0. The second-order valence-corrected chi connectivity index (χ2v) is 6.07. The van der Waals surface area contributed by atoms with Gasteiger partial charge in [0.2, 0.25) is 5.82 Å². The van der Waals surface area contributed by atoms with Gasteiger partial charge in [-0.1, -0.05) is 12.1 Å². The number of aromatic nitrogens is 3. The molecule has 0 radical (unpaired) electrons. The molecule has 3 rings (SSSR count). The summed E-state index contributed by atoms with van der Waals surface area (Å²) in [6.07, 6.45) is 4.78. The predicted octanol–water partition coefficient (Wildman–Crippen LogP) is 3.48. The van der Waals surface area contributed by atoms with E-state index >= 15 is 0 Å². The molecule has 2 N–H and O–H groups in total.